The molecule has 1 aromatic carbocycles. The van der Waals surface area contributed by atoms with Crippen LogP contribution in [0.3, 0.4) is 0 Å². The van der Waals surface area contributed by atoms with Crippen molar-refractivity contribution < 1.29 is 4.57 Å². The van der Waals surface area contributed by atoms with Crippen molar-refractivity contribution in [2.24, 2.45) is 7.05 Å². The molecule has 0 saturated carbocycles. The number of thiazole rings is 1. The van der Waals surface area contributed by atoms with E-state index in [-0.39, 0.29) is 0 Å². The zero-order valence-electron chi connectivity index (χ0n) is 9.22. The van der Waals surface area contributed by atoms with Gasteiger partial charge in [-0.05, 0) is 12.1 Å². The third-order valence-electron chi connectivity index (χ3n) is 2.60. The minimum absolute atomic E-state index is 0.714. The lowest BCUT2D eigenvalue weighted by atomic mass is 10.3. The fraction of sp³-hybridized carbons (Fsp3) is 0.0769. The molecule has 4 heteroatoms. The zero-order valence-corrected chi connectivity index (χ0v) is 10.8. The molecule has 0 aliphatic heterocycles. The van der Waals surface area contributed by atoms with Gasteiger partial charge in [0.05, 0.1) is 9.72 Å². The number of aromatic nitrogens is 2. The lowest BCUT2D eigenvalue weighted by Crippen LogP contribution is -2.25. The summed E-state index contributed by atoms with van der Waals surface area (Å²) in [6.45, 7) is 0. The second-order valence-corrected chi connectivity index (χ2v) is 5.30. The summed E-state index contributed by atoms with van der Waals surface area (Å²) in [7, 11) is 2.00. The summed E-state index contributed by atoms with van der Waals surface area (Å²) in [5, 5.41) is 1.72. The first-order valence-electron chi connectivity index (χ1n) is 5.25. The molecule has 0 spiro atoms. The van der Waals surface area contributed by atoms with Crippen molar-refractivity contribution in [3.8, 4) is 10.6 Å². The van der Waals surface area contributed by atoms with Crippen LogP contribution < -0.4 is 4.57 Å². The molecule has 84 valence electrons. The van der Waals surface area contributed by atoms with Gasteiger partial charge in [-0.2, -0.15) is 0 Å². The predicted molar refractivity (Wildman–Crippen MR) is 71.2 cm³/mol. The Labute approximate surface area is 108 Å². The zero-order chi connectivity index (χ0) is 11.8. The van der Waals surface area contributed by atoms with E-state index in [4.69, 9.17) is 11.6 Å². The smallest absolute Gasteiger partial charge is 0.169 e. The number of hydrogen-bond donors (Lipinski definition) is 0. The molecule has 0 aliphatic rings. The summed E-state index contributed by atoms with van der Waals surface area (Å²) in [4.78, 5) is 4.59. The van der Waals surface area contributed by atoms with Crippen LogP contribution in [0.2, 0.25) is 5.02 Å². The Balaban J connectivity index is 2.18. The molecule has 3 rings (SSSR count). The first kappa shape index (κ1) is 10.7. The number of benzene rings is 1. The van der Waals surface area contributed by atoms with E-state index in [1.807, 2.05) is 42.2 Å². The molecular weight excluding hydrogens is 252 g/mol. The first-order valence-corrected chi connectivity index (χ1v) is 6.44. The van der Waals surface area contributed by atoms with Gasteiger partial charge in [0.25, 0.3) is 0 Å². The Morgan fingerprint density at radius 2 is 1.94 bits per heavy atom. The van der Waals surface area contributed by atoms with E-state index in [9.17, 15) is 0 Å². The lowest BCUT2D eigenvalue weighted by Gasteiger charge is -1.92. The largest absolute Gasteiger partial charge is 0.234 e. The van der Waals surface area contributed by atoms with Gasteiger partial charge >= 0.3 is 0 Å². The van der Waals surface area contributed by atoms with Gasteiger partial charge in [0.2, 0.25) is 0 Å². The molecule has 0 bridgehead atoms. The van der Waals surface area contributed by atoms with Crippen LogP contribution in [0.15, 0.2) is 42.7 Å². The number of pyridine rings is 1. The van der Waals surface area contributed by atoms with E-state index in [1.165, 1.54) is 0 Å². The molecule has 2 heterocycles. The van der Waals surface area contributed by atoms with E-state index in [0.717, 1.165) is 20.8 Å². The predicted octanol–water partition coefficient (Wildman–Crippen LogP) is 3.44. The van der Waals surface area contributed by atoms with Crippen molar-refractivity contribution >= 4 is 33.2 Å². The maximum absolute atomic E-state index is 6.12. The van der Waals surface area contributed by atoms with Crippen molar-refractivity contribution in [3.05, 3.63) is 47.7 Å². The Hall–Kier alpha value is -1.45. The van der Waals surface area contributed by atoms with Crippen molar-refractivity contribution in [1.29, 1.82) is 0 Å². The second-order valence-electron chi connectivity index (χ2n) is 3.86. The van der Waals surface area contributed by atoms with E-state index < -0.39 is 0 Å². The van der Waals surface area contributed by atoms with Crippen LogP contribution in [0, 0.1) is 0 Å². The third-order valence-corrected chi connectivity index (χ3v) is 3.97. The molecule has 0 atom stereocenters. The topological polar surface area (TPSA) is 16.8 Å². The van der Waals surface area contributed by atoms with Crippen LogP contribution in [-0.2, 0) is 7.05 Å². The molecule has 0 amide bonds. The second kappa shape index (κ2) is 4.09. The highest BCUT2D eigenvalue weighted by atomic mass is 35.5. The minimum atomic E-state index is 0.714. The summed E-state index contributed by atoms with van der Waals surface area (Å²) in [6.07, 6.45) is 4.03. The van der Waals surface area contributed by atoms with Crippen LogP contribution in [-0.4, -0.2) is 4.98 Å². The lowest BCUT2D eigenvalue weighted by molar-refractivity contribution is -0.671. The molecule has 0 fully saturated rings. The molecule has 0 radical (unpaired) electrons. The molecule has 17 heavy (non-hydrogen) atoms. The van der Waals surface area contributed by atoms with Crippen LogP contribution in [0.1, 0.15) is 0 Å². The SMILES string of the molecule is C[n+]1ccc(-c2nc3c(Cl)cccc3s2)cc1. The van der Waals surface area contributed by atoms with E-state index in [1.54, 1.807) is 11.3 Å². The summed E-state index contributed by atoms with van der Waals surface area (Å²) in [5.41, 5.74) is 2.02. The Kier molecular flexibility index (Phi) is 2.57. The molecule has 0 aliphatic carbocycles. The average molecular weight is 262 g/mol. The Bertz CT molecular complexity index is 673. The maximum Gasteiger partial charge on any atom is 0.169 e. The molecule has 3 aromatic rings. The minimum Gasteiger partial charge on any atom is -0.234 e. The number of fused-ring (bicyclic) bond motifs is 1. The molecule has 0 unspecified atom stereocenters. The first-order chi connectivity index (χ1) is 8.24. The summed E-state index contributed by atoms with van der Waals surface area (Å²) in [6, 6.07) is 10.00. The maximum atomic E-state index is 6.12. The highest BCUT2D eigenvalue weighted by Gasteiger charge is 2.09. The molecule has 0 saturated heterocycles. The molecule has 0 N–H and O–H groups in total. The van der Waals surface area contributed by atoms with Crippen molar-refractivity contribution in [1.82, 2.24) is 4.98 Å². The number of halogens is 1. The van der Waals surface area contributed by atoms with Crippen LogP contribution in [0.25, 0.3) is 20.8 Å². The van der Waals surface area contributed by atoms with Gasteiger partial charge in [0.15, 0.2) is 12.4 Å². The van der Waals surface area contributed by atoms with Gasteiger partial charge in [0.1, 0.15) is 17.6 Å². The van der Waals surface area contributed by atoms with Gasteiger partial charge in [-0.25, -0.2) is 9.55 Å². The molecule has 2 nitrogen and oxygen atoms in total. The van der Waals surface area contributed by atoms with Gasteiger partial charge < -0.3 is 0 Å². The summed E-state index contributed by atoms with van der Waals surface area (Å²) in [5.74, 6) is 0. The van der Waals surface area contributed by atoms with E-state index in [2.05, 4.69) is 17.1 Å². The van der Waals surface area contributed by atoms with Crippen LogP contribution in [0.5, 0.6) is 0 Å². The molecule has 2 aromatic heterocycles. The van der Waals surface area contributed by atoms with Crippen molar-refractivity contribution in [2.45, 2.75) is 0 Å². The summed E-state index contributed by atoms with van der Waals surface area (Å²) >= 11 is 7.79. The van der Waals surface area contributed by atoms with Crippen molar-refractivity contribution in [3.63, 3.8) is 0 Å². The monoisotopic (exact) mass is 261 g/mol. The van der Waals surface area contributed by atoms with Crippen LogP contribution >= 0.6 is 22.9 Å². The van der Waals surface area contributed by atoms with Gasteiger partial charge in [0, 0.05) is 17.7 Å². The number of rotatable bonds is 1. The fourth-order valence-corrected chi connectivity index (χ4v) is 2.95. The highest BCUT2D eigenvalue weighted by Crippen LogP contribution is 2.32. The van der Waals surface area contributed by atoms with Crippen LogP contribution in [0.4, 0.5) is 0 Å². The third kappa shape index (κ3) is 1.92. The average Bonchev–Trinajstić information content (AvgIpc) is 2.75. The van der Waals surface area contributed by atoms with Gasteiger partial charge in [-0.3, -0.25) is 0 Å². The Morgan fingerprint density at radius 1 is 1.18 bits per heavy atom. The van der Waals surface area contributed by atoms with E-state index >= 15 is 0 Å². The number of nitrogens with zero attached hydrogens (tertiary/aromatic N) is 2. The quantitative estimate of drug-likeness (QED) is 0.613. The van der Waals surface area contributed by atoms with E-state index in [0.29, 0.717) is 5.02 Å². The standard InChI is InChI=1S/C13H10ClN2S/c1-16-7-5-9(6-8-16)13-15-12-10(14)3-2-4-11(12)17-13/h2-8H,1H3/q+1. The molecular formula is C13H10ClN2S+. The number of aryl methyl sites for hydroxylation is 1. The van der Waals surface area contributed by atoms with Gasteiger partial charge in [-0.15, -0.1) is 11.3 Å². The highest BCUT2D eigenvalue weighted by molar-refractivity contribution is 7.21. The Morgan fingerprint density at radius 3 is 2.65 bits per heavy atom. The normalized spacial score (nSPS) is 10.9. The number of hydrogen-bond acceptors (Lipinski definition) is 2. The fourth-order valence-electron chi connectivity index (χ4n) is 1.68. The van der Waals surface area contributed by atoms with Crippen molar-refractivity contribution in [2.75, 3.05) is 0 Å². The number of para-hydroxylation sites is 1. The van der Waals surface area contributed by atoms with Gasteiger partial charge in [-0.1, -0.05) is 17.7 Å². The summed E-state index contributed by atoms with van der Waals surface area (Å²) < 4.78 is 3.13.